The summed E-state index contributed by atoms with van der Waals surface area (Å²) in [5.41, 5.74) is 0. The van der Waals surface area contributed by atoms with Crippen molar-refractivity contribution in [3.63, 3.8) is 0 Å². The molecular weight excluding hydrogens is 907 g/mol. The second kappa shape index (κ2) is 47.3. The van der Waals surface area contributed by atoms with Gasteiger partial charge in [0.25, 0.3) is 0 Å². The normalized spacial score (nSPS) is 19.7. The quantitative estimate of drug-likeness (QED) is 0.0193. The van der Waals surface area contributed by atoms with Gasteiger partial charge in [0.05, 0.1) is 25.4 Å². The number of ether oxygens (including phenoxy) is 2. The third-order valence-electron chi connectivity index (χ3n) is 14.0. The van der Waals surface area contributed by atoms with Crippen molar-refractivity contribution in [3.05, 3.63) is 24.3 Å². The Hall–Kier alpha value is -1.42. The molecule has 0 spiro atoms. The molecule has 1 saturated heterocycles. The molecule has 1 rings (SSSR count). The zero-order chi connectivity index (χ0) is 51.2. The molecule has 0 aromatic heterocycles. The zero-order valence-corrected chi connectivity index (χ0v) is 45.7. The smallest absolute Gasteiger partial charge is 0.394 e. The number of nitrogens with one attached hydrogen (secondary N) is 1. The summed E-state index contributed by atoms with van der Waals surface area (Å²) in [7, 11) is -5.09. The second-order valence-corrected chi connectivity index (χ2v) is 21.6. The minimum atomic E-state index is -5.09. The van der Waals surface area contributed by atoms with Crippen molar-refractivity contribution in [2.24, 2.45) is 0 Å². The van der Waals surface area contributed by atoms with Crippen LogP contribution in [0.5, 0.6) is 0 Å². The second-order valence-electron chi connectivity index (χ2n) is 20.6. The van der Waals surface area contributed by atoms with Gasteiger partial charge in [-0.15, -0.1) is 0 Å². The van der Waals surface area contributed by atoms with Crippen LogP contribution >= 0.6 is 0 Å². The van der Waals surface area contributed by atoms with Gasteiger partial charge in [0, 0.05) is 6.42 Å². The lowest BCUT2D eigenvalue weighted by Crippen LogP contribution is -2.61. The van der Waals surface area contributed by atoms with Crippen molar-refractivity contribution in [2.45, 2.75) is 320 Å². The Kier molecular flexibility index (Phi) is 45.0. The summed E-state index contributed by atoms with van der Waals surface area (Å²) in [4.78, 5) is 13.1. The van der Waals surface area contributed by atoms with E-state index in [-0.39, 0.29) is 18.9 Å². The van der Waals surface area contributed by atoms with Crippen LogP contribution in [0.25, 0.3) is 0 Å². The average Bonchev–Trinajstić information content (AvgIpc) is 3.33. The molecule has 12 nitrogen and oxygen atoms in total. The summed E-state index contributed by atoms with van der Waals surface area (Å²) in [6, 6.07) is -0.943. The standard InChI is InChI=1S/C57H109NO11S/c1-3-5-7-9-11-13-15-17-19-21-22-23-24-25-26-27-28-29-31-33-35-37-39-41-43-45-47-53(61)58-50(49-67-57-55(63)56(69-70(64,65)66)54(62)52(48-59)68-57)51(60)46-44-42-40-38-36-34-32-30-20-18-16-14-12-10-8-6-4-2/h25-26,44,46,50-52,54-57,59-60,62-63H,3-24,27-43,45,47-49H2,1-2H3,(H,58,61)(H,64,65,66)/b26-25-,46-44+. The number of hydrogen-bond acceptors (Lipinski definition) is 10. The van der Waals surface area contributed by atoms with Crippen LogP contribution in [0.4, 0.5) is 0 Å². The predicted octanol–water partition coefficient (Wildman–Crippen LogP) is 13.6. The van der Waals surface area contributed by atoms with E-state index in [1.165, 1.54) is 212 Å². The summed E-state index contributed by atoms with van der Waals surface area (Å²) in [5, 5.41) is 44.9. The van der Waals surface area contributed by atoms with Crippen LogP contribution in [-0.2, 0) is 28.9 Å². The topological polar surface area (TPSA) is 192 Å². The van der Waals surface area contributed by atoms with Crippen LogP contribution < -0.4 is 5.32 Å². The number of unbranched alkanes of at least 4 members (excludes halogenated alkanes) is 37. The minimum Gasteiger partial charge on any atom is -0.394 e. The molecule has 7 atom stereocenters. The molecule has 0 radical (unpaired) electrons. The molecule has 414 valence electrons. The van der Waals surface area contributed by atoms with Crippen molar-refractivity contribution in [2.75, 3.05) is 13.2 Å². The fraction of sp³-hybridized carbons (Fsp3) is 0.912. The van der Waals surface area contributed by atoms with Crippen molar-refractivity contribution in [3.8, 4) is 0 Å². The predicted molar refractivity (Wildman–Crippen MR) is 287 cm³/mol. The zero-order valence-electron chi connectivity index (χ0n) is 44.9. The lowest BCUT2D eigenvalue weighted by molar-refractivity contribution is -0.298. The summed E-state index contributed by atoms with van der Waals surface area (Å²) < 4.78 is 47.8. The third-order valence-corrected chi connectivity index (χ3v) is 14.4. The van der Waals surface area contributed by atoms with Gasteiger partial charge in [-0.2, -0.15) is 8.42 Å². The number of rotatable bonds is 51. The number of aliphatic hydroxyl groups excluding tert-OH is 4. The van der Waals surface area contributed by atoms with E-state index >= 15 is 0 Å². The van der Waals surface area contributed by atoms with Gasteiger partial charge in [-0.25, -0.2) is 4.18 Å². The highest BCUT2D eigenvalue weighted by Crippen LogP contribution is 2.26. The van der Waals surface area contributed by atoms with Crippen LogP contribution in [0.2, 0.25) is 0 Å². The van der Waals surface area contributed by atoms with Crippen molar-refractivity contribution in [1.29, 1.82) is 0 Å². The molecule has 1 aliphatic heterocycles. The van der Waals surface area contributed by atoms with E-state index in [2.05, 4.69) is 35.5 Å². The van der Waals surface area contributed by atoms with Gasteiger partial charge in [-0.1, -0.05) is 250 Å². The molecule has 0 aromatic rings. The Morgan fingerprint density at radius 2 is 0.914 bits per heavy atom. The summed E-state index contributed by atoms with van der Waals surface area (Å²) >= 11 is 0. The molecule has 1 amide bonds. The van der Waals surface area contributed by atoms with Crippen LogP contribution in [0.1, 0.15) is 277 Å². The fourth-order valence-electron chi connectivity index (χ4n) is 9.45. The highest BCUT2D eigenvalue weighted by atomic mass is 32.3. The molecule has 7 unspecified atom stereocenters. The highest BCUT2D eigenvalue weighted by molar-refractivity contribution is 7.80. The first-order valence-electron chi connectivity index (χ1n) is 29.2. The molecule has 1 fully saturated rings. The minimum absolute atomic E-state index is 0.260. The third kappa shape index (κ3) is 39.1. The van der Waals surface area contributed by atoms with Gasteiger partial charge in [0.2, 0.25) is 5.91 Å². The molecular formula is C57H109NO11S. The number of amides is 1. The lowest BCUT2D eigenvalue weighted by atomic mass is 9.99. The largest absolute Gasteiger partial charge is 0.397 e. The van der Waals surface area contributed by atoms with Crippen molar-refractivity contribution >= 4 is 16.3 Å². The molecule has 1 aliphatic rings. The number of allylic oxidation sites excluding steroid dienone is 3. The molecule has 0 aromatic carbocycles. The molecule has 0 bridgehead atoms. The van der Waals surface area contributed by atoms with Crippen LogP contribution in [0.3, 0.4) is 0 Å². The van der Waals surface area contributed by atoms with E-state index in [1.807, 2.05) is 6.08 Å². The highest BCUT2D eigenvalue weighted by Gasteiger charge is 2.48. The first-order valence-corrected chi connectivity index (χ1v) is 30.6. The van der Waals surface area contributed by atoms with E-state index in [4.69, 9.17) is 9.47 Å². The van der Waals surface area contributed by atoms with Gasteiger partial charge >= 0.3 is 10.4 Å². The Morgan fingerprint density at radius 3 is 1.29 bits per heavy atom. The Balaban J connectivity index is 2.34. The van der Waals surface area contributed by atoms with E-state index in [9.17, 15) is 38.2 Å². The van der Waals surface area contributed by atoms with E-state index in [0.717, 1.165) is 38.5 Å². The first-order chi connectivity index (χ1) is 34.0. The van der Waals surface area contributed by atoms with E-state index in [0.29, 0.717) is 6.42 Å². The van der Waals surface area contributed by atoms with E-state index < -0.39 is 59.9 Å². The molecule has 1 heterocycles. The van der Waals surface area contributed by atoms with Gasteiger partial charge in [0.1, 0.15) is 24.4 Å². The van der Waals surface area contributed by atoms with E-state index in [1.54, 1.807) is 6.08 Å². The SMILES string of the molecule is CCCCCCCCCCCCCC/C=C\CCCCCCCCCCCCC(=O)NC(COC1OC(CO)C(O)C(OS(=O)(=O)O)C1O)C(O)/C=C/CCCCCCCCCCCCCCCCC. The Labute approximate surface area is 429 Å². The monoisotopic (exact) mass is 1020 g/mol. The fourth-order valence-corrected chi connectivity index (χ4v) is 9.96. The number of carbonyl (C=O) groups is 1. The Bertz CT molecular complexity index is 1330. The Morgan fingerprint density at radius 1 is 0.557 bits per heavy atom. The first kappa shape index (κ1) is 66.6. The average molecular weight is 1020 g/mol. The lowest BCUT2D eigenvalue weighted by Gasteiger charge is -2.41. The van der Waals surface area contributed by atoms with Gasteiger partial charge < -0.3 is 35.2 Å². The van der Waals surface area contributed by atoms with Crippen LogP contribution in [0.15, 0.2) is 24.3 Å². The maximum atomic E-state index is 13.1. The number of aliphatic hydroxyl groups is 4. The molecule has 13 heteroatoms. The van der Waals surface area contributed by atoms with Gasteiger partial charge in [0.15, 0.2) is 6.29 Å². The number of hydrogen-bond donors (Lipinski definition) is 6. The van der Waals surface area contributed by atoms with Crippen LogP contribution in [0, 0.1) is 0 Å². The summed E-state index contributed by atoms with van der Waals surface area (Å²) in [6.45, 7) is 3.43. The molecule has 70 heavy (non-hydrogen) atoms. The van der Waals surface area contributed by atoms with Gasteiger partial charge in [-0.05, 0) is 44.9 Å². The molecule has 0 saturated carbocycles. The maximum absolute atomic E-state index is 13.1. The summed E-state index contributed by atoms with van der Waals surface area (Å²) in [6.07, 6.45) is 49.4. The summed E-state index contributed by atoms with van der Waals surface area (Å²) in [5.74, 6) is -0.260. The molecule has 6 N–H and O–H groups in total. The molecule has 0 aliphatic carbocycles. The van der Waals surface area contributed by atoms with Crippen LogP contribution in [-0.4, -0.2) is 95.4 Å². The number of carbonyl (C=O) groups excluding carboxylic acids is 1. The van der Waals surface area contributed by atoms with Crippen molar-refractivity contribution < 1.29 is 51.8 Å². The van der Waals surface area contributed by atoms with Gasteiger partial charge in [-0.3, -0.25) is 9.35 Å². The maximum Gasteiger partial charge on any atom is 0.397 e. The van der Waals surface area contributed by atoms with Crippen molar-refractivity contribution in [1.82, 2.24) is 5.32 Å².